The molecule has 5 rings (SSSR count). The van der Waals surface area contributed by atoms with Gasteiger partial charge in [-0.25, -0.2) is 9.97 Å². The van der Waals surface area contributed by atoms with Gasteiger partial charge in [-0.05, 0) is 94.5 Å². The molecule has 0 radical (unpaired) electrons. The van der Waals surface area contributed by atoms with Gasteiger partial charge in [0.2, 0.25) is 0 Å². The highest BCUT2D eigenvalue weighted by Gasteiger charge is 2.15. The minimum Gasteiger partial charge on any atom is -0.397 e. The number of fused-ring (bicyclic) bond motifs is 1. The molecule has 0 bridgehead atoms. The Morgan fingerprint density at radius 3 is 2.63 bits per heavy atom. The molecule has 8 nitrogen and oxygen atoms in total. The number of pyridine rings is 1. The zero-order chi connectivity index (χ0) is 26.6. The fourth-order valence-electron chi connectivity index (χ4n) is 4.34. The molecule has 38 heavy (non-hydrogen) atoms. The number of amides is 1. The van der Waals surface area contributed by atoms with Gasteiger partial charge in [-0.2, -0.15) is 0 Å². The van der Waals surface area contributed by atoms with Crippen molar-refractivity contribution in [1.82, 2.24) is 19.3 Å². The van der Waals surface area contributed by atoms with Crippen LogP contribution in [0.25, 0.3) is 17.0 Å². The molecule has 0 fully saturated rings. The van der Waals surface area contributed by atoms with Crippen molar-refractivity contribution < 1.29 is 4.79 Å². The van der Waals surface area contributed by atoms with Gasteiger partial charge in [0, 0.05) is 22.8 Å². The Morgan fingerprint density at radius 1 is 1.08 bits per heavy atom. The van der Waals surface area contributed by atoms with E-state index in [4.69, 9.17) is 15.7 Å². The van der Waals surface area contributed by atoms with Gasteiger partial charge in [0.25, 0.3) is 5.91 Å². The van der Waals surface area contributed by atoms with Crippen LogP contribution in [-0.4, -0.2) is 45.8 Å². The highest BCUT2D eigenvalue weighted by Crippen LogP contribution is 2.30. The zero-order valence-corrected chi connectivity index (χ0v) is 22.5. The number of aromatic nitrogens is 3. The number of aryl methyl sites for hydroxylation is 2. The van der Waals surface area contributed by atoms with Crippen LogP contribution in [0.3, 0.4) is 0 Å². The number of hydrogen-bond donors (Lipinski definition) is 3. The third kappa shape index (κ3) is 5.69. The molecule has 0 unspecified atom stereocenters. The number of nitrogens with zero attached hydrogens (tertiary/aromatic N) is 4. The van der Waals surface area contributed by atoms with E-state index >= 15 is 0 Å². The summed E-state index contributed by atoms with van der Waals surface area (Å²) in [5.74, 6) is -0.213. The molecule has 1 amide bonds. The quantitative estimate of drug-likeness (QED) is 0.209. The number of nitrogens with two attached hydrogens (primary N) is 1. The van der Waals surface area contributed by atoms with E-state index in [-0.39, 0.29) is 5.91 Å². The predicted molar refractivity (Wildman–Crippen MR) is 156 cm³/mol. The zero-order valence-electron chi connectivity index (χ0n) is 21.7. The Bertz CT molecular complexity index is 1570. The Kier molecular flexibility index (Phi) is 7.39. The van der Waals surface area contributed by atoms with Gasteiger partial charge in [0.15, 0.2) is 5.13 Å². The Morgan fingerprint density at radius 2 is 1.87 bits per heavy atom. The Labute approximate surface area is 226 Å². The summed E-state index contributed by atoms with van der Waals surface area (Å²) >= 11 is 1.53. The van der Waals surface area contributed by atoms with E-state index in [1.54, 1.807) is 24.3 Å². The number of carbonyl (C=O) groups is 1. The van der Waals surface area contributed by atoms with Gasteiger partial charge in [-0.15, -0.1) is 11.3 Å². The molecule has 0 aliphatic heterocycles. The molecule has 3 aromatic heterocycles. The number of nitrogens with one attached hydrogen (secondary N) is 2. The third-order valence-corrected chi connectivity index (χ3v) is 7.05. The van der Waals surface area contributed by atoms with E-state index in [1.807, 2.05) is 36.6 Å². The Hall–Kier alpha value is -4.21. The number of thiazole rings is 1. The summed E-state index contributed by atoms with van der Waals surface area (Å²) in [5, 5.41) is 8.99. The van der Waals surface area contributed by atoms with Gasteiger partial charge >= 0.3 is 0 Å². The van der Waals surface area contributed by atoms with Crippen LogP contribution >= 0.6 is 11.3 Å². The van der Waals surface area contributed by atoms with Gasteiger partial charge in [0.1, 0.15) is 11.3 Å². The van der Waals surface area contributed by atoms with Gasteiger partial charge in [-0.3, -0.25) is 9.20 Å². The molecule has 5 aromatic rings. The summed E-state index contributed by atoms with van der Waals surface area (Å²) in [6.07, 6.45) is 4.24. The lowest BCUT2D eigenvalue weighted by Crippen LogP contribution is -2.13. The maximum absolute atomic E-state index is 12.6. The second kappa shape index (κ2) is 11.0. The van der Waals surface area contributed by atoms with E-state index in [2.05, 4.69) is 52.4 Å². The molecular weight excluding hydrogens is 494 g/mol. The summed E-state index contributed by atoms with van der Waals surface area (Å²) in [6.45, 7) is 3.09. The van der Waals surface area contributed by atoms with Crippen molar-refractivity contribution in [2.75, 3.05) is 37.0 Å². The highest BCUT2D eigenvalue weighted by molar-refractivity contribution is 7.14. The molecule has 0 saturated carbocycles. The minimum atomic E-state index is -0.213. The van der Waals surface area contributed by atoms with Crippen molar-refractivity contribution in [3.63, 3.8) is 0 Å². The van der Waals surface area contributed by atoms with Crippen molar-refractivity contribution in [2.24, 2.45) is 0 Å². The topological polar surface area (TPSA) is 101 Å². The first-order valence-corrected chi connectivity index (χ1v) is 13.4. The van der Waals surface area contributed by atoms with Crippen molar-refractivity contribution >= 4 is 45.1 Å². The predicted octanol–water partition coefficient (Wildman–Crippen LogP) is 5.84. The molecule has 2 aromatic carbocycles. The first-order chi connectivity index (χ1) is 18.4. The van der Waals surface area contributed by atoms with E-state index in [0.717, 1.165) is 52.9 Å². The van der Waals surface area contributed by atoms with E-state index in [1.165, 1.54) is 16.9 Å². The number of rotatable bonds is 9. The SMILES string of the molecule is Cc1nc2cc(CCCN(C)C)ccn2c1-c1csc(Nc2ccc(C(=O)Nc3ccccc3N)cc2)n1. The van der Waals surface area contributed by atoms with Crippen LogP contribution in [0, 0.1) is 6.92 Å². The maximum Gasteiger partial charge on any atom is 0.255 e. The van der Waals surface area contributed by atoms with Crippen molar-refractivity contribution in [2.45, 2.75) is 19.8 Å². The first kappa shape index (κ1) is 25.4. The van der Waals surface area contributed by atoms with Crippen molar-refractivity contribution in [1.29, 1.82) is 0 Å². The molecule has 0 saturated heterocycles. The third-order valence-electron chi connectivity index (χ3n) is 6.29. The molecule has 9 heteroatoms. The summed E-state index contributed by atoms with van der Waals surface area (Å²) in [7, 11) is 4.20. The number of benzene rings is 2. The van der Waals surface area contributed by atoms with Crippen LogP contribution in [0.1, 0.15) is 28.0 Å². The minimum absolute atomic E-state index is 0.213. The summed E-state index contributed by atoms with van der Waals surface area (Å²) < 4.78 is 2.11. The summed E-state index contributed by atoms with van der Waals surface area (Å²) in [6, 6.07) is 18.8. The lowest BCUT2D eigenvalue weighted by Gasteiger charge is -2.09. The van der Waals surface area contributed by atoms with Gasteiger partial charge < -0.3 is 21.3 Å². The van der Waals surface area contributed by atoms with Crippen molar-refractivity contribution in [3.8, 4) is 11.4 Å². The van der Waals surface area contributed by atoms with Crippen LogP contribution in [0.4, 0.5) is 22.2 Å². The molecule has 0 aliphatic rings. The lowest BCUT2D eigenvalue weighted by atomic mass is 10.1. The maximum atomic E-state index is 12.6. The summed E-state index contributed by atoms with van der Waals surface area (Å²) in [5.41, 5.74) is 13.5. The van der Waals surface area contributed by atoms with Crippen LogP contribution in [0.15, 0.2) is 72.2 Å². The molecule has 4 N–H and O–H groups in total. The van der Waals surface area contributed by atoms with Crippen LogP contribution in [-0.2, 0) is 6.42 Å². The largest absolute Gasteiger partial charge is 0.397 e. The standard InChI is InChI=1S/C29H31N7OS/c1-19-27(36-16-14-20(17-26(36)31-19)7-6-15-35(2)3)25-18-38-29(34-25)32-22-12-10-21(11-13-22)28(37)33-24-9-5-4-8-23(24)30/h4-5,8-14,16-18H,6-7,15,30H2,1-3H3,(H,32,34)(H,33,37). The molecule has 0 atom stereocenters. The van der Waals surface area contributed by atoms with Gasteiger partial charge in [-0.1, -0.05) is 12.1 Å². The van der Waals surface area contributed by atoms with E-state index in [0.29, 0.717) is 16.9 Å². The molecule has 0 aliphatic carbocycles. The number of imidazole rings is 1. The Balaban J connectivity index is 1.27. The number of hydrogen-bond acceptors (Lipinski definition) is 7. The van der Waals surface area contributed by atoms with E-state index < -0.39 is 0 Å². The van der Waals surface area contributed by atoms with Crippen molar-refractivity contribution in [3.05, 3.63) is 89.1 Å². The average Bonchev–Trinajstić information content (AvgIpc) is 3.48. The highest BCUT2D eigenvalue weighted by atomic mass is 32.1. The van der Waals surface area contributed by atoms with Crippen LogP contribution < -0.4 is 16.4 Å². The molecule has 194 valence electrons. The number of para-hydroxylation sites is 2. The number of carbonyl (C=O) groups excluding carboxylic acids is 1. The normalized spacial score (nSPS) is 11.3. The summed E-state index contributed by atoms with van der Waals surface area (Å²) in [4.78, 5) is 24.4. The lowest BCUT2D eigenvalue weighted by molar-refractivity contribution is 0.102. The van der Waals surface area contributed by atoms with Crippen LogP contribution in [0.2, 0.25) is 0 Å². The molecule has 0 spiro atoms. The monoisotopic (exact) mass is 525 g/mol. The number of anilines is 4. The van der Waals surface area contributed by atoms with Gasteiger partial charge in [0.05, 0.1) is 22.8 Å². The fourth-order valence-corrected chi connectivity index (χ4v) is 5.06. The first-order valence-electron chi connectivity index (χ1n) is 12.5. The van der Waals surface area contributed by atoms with Crippen LogP contribution in [0.5, 0.6) is 0 Å². The smallest absolute Gasteiger partial charge is 0.255 e. The molecular formula is C29H31N7OS. The molecule has 3 heterocycles. The average molecular weight is 526 g/mol. The fraction of sp³-hybridized carbons (Fsp3) is 0.207. The number of nitrogen functional groups attached to an aromatic ring is 1. The van der Waals surface area contributed by atoms with E-state index in [9.17, 15) is 4.79 Å². The second-order valence-electron chi connectivity index (χ2n) is 9.50. The second-order valence-corrected chi connectivity index (χ2v) is 10.4.